The fourth-order valence-corrected chi connectivity index (χ4v) is 4.11. The molecular weight excluding hydrogens is 470 g/mol. The number of benzene rings is 1. The maximum absolute atomic E-state index is 13.7. The molecule has 3 amide bonds. The molecule has 192 valence electrons. The van der Waals surface area contributed by atoms with E-state index in [1.807, 2.05) is 41.8 Å². The summed E-state index contributed by atoms with van der Waals surface area (Å²) in [5, 5.41) is 15.8. The Hall–Kier alpha value is -3.27. The zero-order valence-electron chi connectivity index (χ0n) is 20.7. The number of thiophene rings is 1. The van der Waals surface area contributed by atoms with E-state index in [-0.39, 0.29) is 12.5 Å². The average Bonchev–Trinajstić information content (AvgIpc) is 3.29. The van der Waals surface area contributed by atoms with Gasteiger partial charge in [0.1, 0.15) is 17.4 Å². The second-order valence-corrected chi connectivity index (χ2v) is 10.1. The van der Waals surface area contributed by atoms with Gasteiger partial charge in [0, 0.05) is 18.0 Å². The molecule has 0 saturated heterocycles. The number of alkyl carbamates (subject to hydrolysis) is 1. The summed E-state index contributed by atoms with van der Waals surface area (Å²) in [6.45, 7) is 6.26. The van der Waals surface area contributed by atoms with Crippen molar-refractivity contribution in [1.82, 2.24) is 15.5 Å². The Morgan fingerprint density at radius 2 is 1.89 bits per heavy atom. The Morgan fingerprint density at radius 1 is 1.11 bits per heavy atom. The van der Waals surface area contributed by atoms with Gasteiger partial charge in [-0.3, -0.25) is 4.79 Å². The van der Waals surface area contributed by atoms with Crippen molar-refractivity contribution in [3.05, 3.63) is 52.2 Å². The number of carbonyl (C=O) groups excluding carboxylic acids is 2. The Kier molecular flexibility index (Phi) is 10.8. The zero-order chi connectivity index (χ0) is 25.8. The lowest BCUT2D eigenvalue weighted by Gasteiger charge is -2.29. The summed E-state index contributed by atoms with van der Waals surface area (Å²) in [7, 11) is 1.59. The summed E-state index contributed by atoms with van der Waals surface area (Å²) < 4.78 is 10.7. The Morgan fingerprint density at radius 3 is 2.51 bits per heavy atom. The smallest absolute Gasteiger partial charge is 0.408 e. The number of carboxylic acid groups (broad SMARTS) is 1. The number of ether oxygens (including phenoxy) is 2. The minimum atomic E-state index is -1.09. The lowest BCUT2D eigenvalue weighted by atomic mass is 10.1. The number of hydrogen-bond donors (Lipinski definition) is 3. The van der Waals surface area contributed by atoms with Gasteiger partial charge in [-0.2, -0.15) is 0 Å². The highest BCUT2D eigenvalue weighted by molar-refractivity contribution is 7.09. The first-order valence-corrected chi connectivity index (χ1v) is 12.4. The fraction of sp³-hybridized carbons (Fsp3) is 0.480. The summed E-state index contributed by atoms with van der Waals surface area (Å²) in [5.41, 5.74) is 0.191. The van der Waals surface area contributed by atoms with Crippen LogP contribution in [0.15, 0.2) is 41.8 Å². The maximum atomic E-state index is 13.7. The summed E-state index contributed by atoms with van der Waals surface area (Å²) in [6.07, 6.45) is -0.342. The number of methoxy groups -OCH3 is 1. The Balaban J connectivity index is 2.21. The van der Waals surface area contributed by atoms with E-state index in [0.717, 1.165) is 10.4 Å². The van der Waals surface area contributed by atoms with Crippen LogP contribution in [0.5, 0.6) is 5.75 Å². The van der Waals surface area contributed by atoms with E-state index in [9.17, 15) is 14.4 Å². The lowest BCUT2D eigenvalue weighted by Crippen LogP contribution is -2.49. The number of nitrogens with zero attached hydrogens (tertiary/aromatic N) is 1. The molecule has 0 spiro atoms. The van der Waals surface area contributed by atoms with E-state index >= 15 is 0 Å². The van der Waals surface area contributed by atoms with E-state index in [2.05, 4.69) is 10.6 Å². The first-order chi connectivity index (χ1) is 16.6. The molecule has 2 aromatic rings. The van der Waals surface area contributed by atoms with Gasteiger partial charge < -0.3 is 30.1 Å². The van der Waals surface area contributed by atoms with Gasteiger partial charge in [0.15, 0.2) is 0 Å². The molecule has 0 bridgehead atoms. The molecule has 3 N–H and O–H groups in total. The third-order valence-corrected chi connectivity index (χ3v) is 5.79. The second-order valence-electron chi connectivity index (χ2n) is 9.05. The first kappa shape index (κ1) is 28.0. The van der Waals surface area contributed by atoms with Gasteiger partial charge in [0.2, 0.25) is 5.91 Å². The molecular formula is C25H35N3O6S. The number of unbranched alkanes of at least 4 members (excludes halogenated alkanes) is 1. The SMILES string of the molecule is COc1cccc(CN(Cc2cccs2)C(=O)[C@H](CCCCNC(=O)O)NC(=O)OC(C)(C)C)c1. The molecule has 0 saturated carbocycles. The molecule has 1 aromatic carbocycles. The van der Waals surface area contributed by atoms with Crippen LogP contribution in [0.3, 0.4) is 0 Å². The minimum absolute atomic E-state index is 0.238. The molecule has 35 heavy (non-hydrogen) atoms. The highest BCUT2D eigenvalue weighted by atomic mass is 32.1. The van der Waals surface area contributed by atoms with Gasteiger partial charge in [-0.25, -0.2) is 9.59 Å². The molecule has 1 atom stereocenters. The molecule has 0 aliphatic heterocycles. The van der Waals surface area contributed by atoms with E-state index in [4.69, 9.17) is 14.6 Å². The Bertz CT molecular complexity index is 958. The summed E-state index contributed by atoms with van der Waals surface area (Å²) in [6, 6.07) is 10.6. The molecule has 0 fully saturated rings. The number of rotatable bonds is 12. The van der Waals surface area contributed by atoms with Gasteiger partial charge in [0.25, 0.3) is 0 Å². The summed E-state index contributed by atoms with van der Waals surface area (Å²) in [5.74, 6) is 0.457. The standard InChI is InChI=1S/C25H35N3O6S/c1-25(2,3)34-24(32)27-21(12-5-6-13-26-23(30)31)22(29)28(17-20-11-8-14-35-20)16-18-9-7-10-19(15-18)33-4/h7-11,14-15,21,26H,5-6,12-13,16-17H2,1-4H3,(H,27,32)(H,30,31)/t21-/m0/s1. The number of carbonyl (C=O) groups is 3. The van der Waals surface area contributed by atoms with Gasteiger partial charge in [-0.05, 0) is 69.2 Å². The number of nitrogens with one attached hydrogen (secondary N) is 2. The fourth-order valence-electron chi connectivity index (χ4n) is 3.39. The molecule has 0 aliphatic carbocycles. The summed E-state index contributed by atoms with van der Waals surface area (Å²) >= 11 is 1.55. The molecule has 0 unspecified atom stereocenters. The van der Waals surface area contributed by atoms with Crippen LogP contribution in [0.25, 0.3) is 0 Å². The van der Waals surface area contributed by atoms with Crippen molar-refractivity contribution < 1.29 is 29.0 Å². The van der Waals surface area contributed by atoms with Crippen LogP contribution in [0.2, 0.25) is 0 Å². The second kappa shape index (κ2) is 13.6. The van der Waals surface area contributed by atoms with Gasteiger partial charge >= 0.3 is 12.2 Å². The summed E-state index contributed by atoms with van der Waals surface area (Å²) in [4.78, 5) is 39.7. The number of amides is 3. The highest BCUT2D eigenvalue weighted by Gasteiger charge is 2.28. The zero-order valence-corrected chi connectivity index (χ0v) is 21.5. The largest absolute Gasteiger partial charge is 0.497 e. The third-order valence-electron chi connectivity index (χ3n) is 4.93. The van der Waals surface area contributed by atoms with Crippen LogP contribution < -0.4 is 15.4 Å². The van der Waals surface area contributed by atoms with Crippen molar-refractivity contribution >= 4 is 29.4 Å². The van der Waals surface area contributed by atoms with Crippen LogP contribution >= 0.6 is 11.3 Å². The van der Waals surface area contributed by atoms with Crippen molar-refractivity contribution in [1.29, 1.82) is 0 Å². The van der Waals surface area contributed by atoms with Crippen molar-refractivity contribution in [3.63, 3.8) is 0 Å². The molecule has 9 nitrogen and oxygen atoms in total. The normalized spacial score (nSPS) is 11.9. The highest BCUT2D eigenvalue weighted by Crippen LogP contribution is 2.20. The predicted molar refractivity (Wildman–Crippen MR) is 135 cm³/mol. The first-order valence-electron chi connectivity index (χ1n) is 11.5. The molecule has 0 radical (unpaired) electrons. The minimum Gasteiger partial charge on any atom is -0.497 e. The van der Waals surface area contributed by atoms with E-state index in [0.29, 0.717) is 38.1 Å². The van der Waals surface area contributed by atoms with Crippen LogP contribution in [-0.4, -0.2) is 53.4 Å². The van der Waals surface area contributed by atoms with Crippen molar-refractivity contribution in [2.24, 2.45) is 0 Å². The molecule has 0 aliphatic rings. The predicted octanol–water partition coefficient (Wildman–Crippen LogP) is 4.62. The Labute approximate surface area is 210 Å². The van der Waals surface area contributed by atoms with Gasteiger partial charge in [-0.1, -0.05) is 18.2 Å². The van der Waals surface area contributed by atoms with Crippen molar-refractivity contribution in [3.8, 4) is 5.75 Å². The van der Waals surface area contributed by atoms with Gasteiger partial charge in [0.05, 0.1) is 13.7 Å². The molecule has 1 heterocycles. The van der Waals surface area contributed by atoms with E-state index in [1.165, 1.54) is 0 Å². The molecule has 1 aromatic heterocycles. The average molecular weight is 506 g/mol. The van der Waals surface area contributed by atoms with Crippen LogP contribution in [0, 0.1) is 0 Å². The lowest BCUT2D eigenvalue weighted by molar-refractivity contribution is -0.135. The third kappa shape index (κ3) is 10.7. The van der Waals surface area contributed by atoms with Crippen molar-refractivity contribution in [2.45, 2.75) is 64.8 Å². The van der Waals surface area contributed by atoms with Crippen LogP contribution in [-0.2, 0) is 22.6 Å². The topological polar surface area (TPSA) is 117 Å². The molecule has 2 rings (SSSR count). The van der Waals surface area contributed by atoms with Crippen molar-refractivity contribution in [2.75, 3.05) is 13.7 Å². The maximum Gasteiger partial charge on any atom is 0.408 e. The van der Waals surface area contributed by atoms with E-state index < -0.39 is 23.8 Å². The number of hydrogen-bond acceptors (Lipinski definition) is 6. The molecule has 10 heteroatoms. The van der Waals surface area contributed by atoms with Crippen LogP contribution in [0.1, 0.15) is 50.5 Å². The van der Waals surface area contributed by atoms with Crippen LogP contribution in [0.4, 0.5) is 9.59 Å². The van der Waals surface area contributed by atoms with Gasteiger partial charge in [-0.15, -0.1) is 11.3 Å². The quantitative estimate of drug-likeness (QED) is 0.363. The monoisotopic (exact) mass is 505 g/mol. The van der Waals surface area contributed by atoms with E-state index in [1.54, 1.807) is 44.1 Å².